The van der Waals surface area contributed by atoms with Crippen LogP contribution in [0.5, 0.6) is 0 Å². The summed E-state index contributed by atoms with van der Waals surface area (Å²) in [6.07, 6.45) is 6.47. The van der Waals surface area contributed by atoms with Crippen LogP contribution in [-0.4, -0.2) is 35.6 Å². The van der Waals surface area contributed by atoms with E-state index in [2.05, 4.69) is 23.0 Å². The average Bonchev–Trinajstić information content (AvgIpc) is 2.74. The molecule has 1 heterocycles. The number of hydrogen-bond donors (Lipinski definition) is 1. The molecule has 1 aliphatic rings. The highest BCUT2D eigenvalue weighted by Crippen LogP contribution is 2.21. The second-order valence-electron chi connectivity index (χ2n) is 4.78. The van der Waals surface area contributed by atoms with Crippen molar-refractivity contribution in [3.8, 4) is 0 Å². The topological polar surface area (TPSA) is 42.2 Å². The van der Waals surface area contributed by atoms with E-state index in [0.29, 0.717) is 12.1 Å². The van der Waals surface area contributed by atoms with Crippen LogP contribution in [0.4, 0.5) is 0 Å². The Kier molecular flexibility index (Phi) is 3.91. The van der Waals surface area contributed by atoms with E-state index in [-0.39, 0.29) is 0 Å². The molecule has 1 aliphatic carbocycles. The average molecular weight is 219 g/mol. The molecule has 2 N–H and O–H groups in total. The maximum absolute atomic E-state index is 5.93. The largest absolute Gasteiger partial charge is 0.328 e. The molecule has 0 spiro atoms. The number of hydrogen-bond acceptors (Lipinski definition) is 3. The van der Waals surface area contributed by atoms with Crippen LogP contribution in [0.3, 0.4) is 0 Å². The van der Waals surface area contributed by atoms with Gasteiger partial charge in [-0.25, -0.2) is 0 Å². The van der Waals surface area contributed by atoms with Crippen molar-refractivity contribution < 1.29 is 0 Å². The van der Waals surface area contributed by atoms with Gasteiger partial charge >= 0.3 is 0 Å². The van der Waals surface area contributed by atoms with Crippen LogP contribution in [0.25, 0.3) is 0 Å². The Morgan fingerprint density at radius 3 is 2.94 bits per heavy atom. The summed E-state index contributed by atoms with van der Waals surface area (Å²) in [5, 5.41) is 0. The molecule has 88 valence electrons. The lowest BCUT2D eigenvalue weighted by Crippen LogP contribution is -2.32. The predicted molar refractivity (Wildman–Crippen MR) is 66.2 cm³/mol. The van der Waals surface area contributed by atoms with E-state index in [1.165, 1.54) is 18.5 Å². The van der Waals surface area contributed by atoms with Gasteiger partial charge in [-0.1, -0.05) is 6.07 Å². The zero-order valence-electron chi connectivity index (χ0n) is 9.97. The van der Waals surface area contributed by atoms with Gasteiger partial charge in [0.2, 0.25) is 0 Å². The molecule has 16 heavy (non-hydrogen) atoms. The highest BCUT2D eigenvalue weighted by molar-refractivity contribution is 5.03. The summed E-state index contributed by atoms with van der Waals surface area (Å²) in [7, 11) is 2.20. The van der Waals surface area contributed by atoms with Crippen molar-refractivity contribution in [1.82, 2.24) is 9.88 Å². The Hall–Kier alpha value is -0.930. The van der Waals surface area contributed by atoms with Gasteiger partial charge in [-0.05, 0) is 38.4 Å². The fourth-order valence-electron chi connectivity index (χ4n) is 2.41. The number of aromatic nitrogens is 1. The predicted octanol–water partition coefficient (Wildman–Crippen LogP) is 1.44. The first kappa shape index (κ1) is 11.6. The summed E-state index contributed by atoms with van der Waals surface area (Å²) in [5.41, 5.74) is 7.11. The van der Waals surface area contributed by atoms with E-state index in [1.807, 2.05) is 18.3 Å². The van der Waals surface area contributed by atoms with E-state index >= 15 is 0 Å². The highest BCUT2D eigenvalue weighted by Gasteiger charge is 2.24. The van der Waals surface area contributed by atoms with Gasteiger partial charge in [-0.3, -0.25) is 4.98 Å². The fraction of sp³-hybridized carbons (Fsp3) is 0.615. The van der Waals surface area contributed by atoms with E-state index in [0.717, 1.165) is 19.4 Å². The molecule has 0 saturated heterocycles. The summed E-state index contributed by atoms with van der Waals surface area (Å²) in [4.78, 5) is 6.77. The third kappa shape index (κ3) is 3.03. The second-order valence-corrected chi connectivity index (χ2v) is 4.78. The number of likely N-dealkylation sites (N-methyl/N-ethyl adjacent to an activating group) is 1. The molecular formula is C13H21N3. The van der Waals surface area contributed by atoms with Crippen molar-refractivity contribution in [1.29, 1.82) is 0 Å². The first-order valence-corrected chi connectivity index (χ1v) is 6.11. The molecule has 1 fully saturated rings. The van der Waals surface area contributed by atoms with Crippen LogP contribution in [0.2, 0.25) is 0 Å². The molecule has 0 aliphatic heterocycles. The Morgan fingerprint density at radius 1 is 1.44 bits per heavy atom. The van der Waals surface area contributed by atoms with Crippen LogP contribution in [0, 0.1) is 0 Å². The van der Waals surface area contributed by atoms with Gasteiger partial charge in [0.15, 0.2) is 0 Å². The van der Waals surface area contributed by atoms with E-state index in [1.54, 1.807) is 0 Å². The SMILES string of the molecule is CN(CCc1ccccn1)C1CCC(N)C1. The molecule has 2 unspecified atom stereocenters. The van der Waals surface area contributed by atoms with Gasteiger partial charge < -0.3 is 10.6 Å². The Morgan fingerprint density at radius 2 is 2.31 bits per heavy atom. The number of nitrogens with zero attached hydrogens (tertiary/aromatic N) is 2. The van der Waals surface area contributed by atoms with Crippen LogP contribution in [0.1, 0.15) is 25.0 Å². The third-order valence-corrected chi connectivity index (χ3v) is 3.52. The van der Waals surface area contributed by atoms with Crippen molar-refractivity contribution in [2.75, 3.05) is 13.6 Å². The van der Waals surface area contributed by atoms with Crippen molar-refractivity contribution in [2.45, 2.75) is 37.8 Å². The standard InChI is InChI=1S/C13H21N3/c1-16(13-6-5-11(14)10-13)9-7-12-4-2-3-8-15-12/h2-4,8,11,13H,5-7,9-10,14H2,1H3. The maximum atomic E-state index is 5.93. The van der Waals surface area contributed by atoms with Gasteiger partial charge in [0.25, 0.3) is 0 Å². The molecule has 2 rings (SSSR count). The summed E-state index contributed by atoms with van der Waals surface area (Å²) in [5.74, 6) is 0. The summed E-state index contributed by atoms with van der Waals surface area (Å²) >= 11 is 0. The van der Waals surface area contributed by atoms with E-state index in [9.17, 15) is 0 Å². The normalized spacial score (nSPS) is 25.2. The van der Waals surface area contributed by atoms with Crippen molar-refractivity contribution >= 4 is 0 Å². The van der Waals surface area contributed by atoms with Gasteiger partial charge in [0, 0.05) is 36.9 Å². The summed E-state index contributed by atoms with van der Waals surface area (Å²) in [6, 6.07) is 7.20. The van der Waals surface area contributed by atoms with Crippen LogP contribution < -0.4 is 5.73 Å². The quantitative estimate of drug-likeness (QED) is 0.833. The summed E-state index contributed by atoms with van der Waals surface area (Å²) in [6.45, 7) is 1.08. The molecule has 3 nitrogen and oxygen atoms in total. The minimum absolute atomic E-state index is 0.419. The monoisotopic (exact) mass is 219 g/mol. The molecule has 0 amide bonds. The molecule has 0 bridgehead atoms. The minimum atomic E-state index is 0.419. The Bertz CT molecular complexity index is 312. The smallest absolute Gasteiger partial charge is 0.0416 e. The third-order valence-electron chi connectivity index (χ3n) is 3.52. The molecule has 0 radical (unpaired) electrons. The molecule has 3 heteroatoms. The lowest BCUT2D eigenvalue weighted by molar-refractivity contribution is 0.246. The Labute approximate surface area is 97.7 Å². The molecule has 2 atom stereocenters. The molecule has 0 aromatic carbocycles. The fourth-order valence-corrected chi connectivity index (χ4v) is 2.41. The number of rotatable bonds is 4. The van der Waals surface area contributed by atoms with Crippen molar-refractivity contribution in [3.05, 3.63) is 30.1 Å². The number of nitrogens with two attached hydrogens (primary N) is 1. The van der Waals surface area contributed by atoms with Crippen LogP contribution in [0.15, 0.2) is 24.4 Å². The summed E-state index contributed by atoms with van der Waals surface area (Å²) < 4.78 is 0. The van der Waals surface area contributed by atoms with Gasteiger partial charge in [-0.2, -0.15) is 0 Å². The first-order chi connectivity index (χ1) is 7.75. The molecule has 1 aromatic rings. The van der Waals surface area contributed by atoms with E-state index < -0.39 is 0 Å². The lowest BCUT2D eigenvalue weighted by Gasteiger charge is -2.23. The van der Waals surface area contributed by atoms with Crippen LogP contribution >= 0.6 is 0 Å². The minimum Gasteiger partial charge on any atom is -0.328 e. The first-order valence-electron chi connectivity index (χ1n) is 6.11. The van der Waals surface area contributed by atoms with Gasteiger partial charge in [0.1, 0.15) is 0 Å². The van der Waals surface area contributed by atoms with Crippen molar-refractivity contribution in [3.63, 3.8) is 0 Å². The van der Waals surface area contributed by atoms with E-state index in [4.69, 9.17) is 5.73 Å². The van der Waals surface area contributed by atoms with Gasteiger partial charge in [0.05, 0.1) is 0 Å². The Balaban J connectivity index is 1.78. The maximum Gasteiger partial charge on any atom is 0.0416 e. The van der Waals surface area contributed by atoms with Crippen LogP contribution in [-0.2, 0) is 6.42 Å². The molecule has 1 aromatic heterocycles. The zero-order valence-corrected chi connectivity index (χ0v) is 9.97. The molecule has 1 saturated carbocycles. The lowest BCUT2D eigenvalue weighted by atomic mass is 10.2. The highest BCUT2D eigenvalue weighted by atomic mass is 15.1. The van der Waals surface area contributed by atoms with Crippen molar-refractivity contribution in [2.24, 2.45) is 5.73 Å². The number of pyridine rings is 1. The molecular weight excluding hydrogens is 198 g/mol. The zero-order chi connectivity index (χ0) is 11.4. The second kappa shape index (κ2) is 5.41. The van der Waals surface area contributed by atoms with Gasteiger partial charge in [-0.15, -0.1) is 0 Å².